The van der Waals surface area contributed by atoms with Crippen molar-refractivity contribution in [3.05, 3.63) is 71.7 Å². The molecule has 0 saturated carbocycles. The lowest BCUT2D eigenvalue weighted by Crippen LogP contribution is -2.15. The first-order valence-corrected chi connectivity index (χ1v) is 7.79. The zero-order valence-electron chi connectivity index (χ0n) is 14.2. The quantitative estimate of drug-likeness (QED) is 0.546. The van der Waals surface area contributed by atoms with Crippen LogP contribution in [0.15, 0.2) is 48.9 Å². The number of nitrogens with two attached hydrogens (primary N) is 1. The standard InChI is InChI=1S/C19H14FN5O2/c1-12-6-15(27-16-7-13(4-5-21)9-22-11-16)8-17(24-12)19(26)25-18-3-2-14(20)10-23-18/h2-3,6-11H,21H2,1H3,(H,23,25,26). The van der Waals surface area contributed by atoms with Gasteiger partial charge in [0.15, 0.2) is 0 Å². The highest BCUT2D eigenvalue weighted by Crippen LogP contribution is 2.23. The van der Waals surface area contributed by atoms with Crippen molar-refractivity contribution in [1.82, 2.24) is 15.0 Å². The monoisotopic (exact) mass is 363 g/mol. The smallest absolute Gasteiger partial charge is 0.275 e. The molecule has 0 aromatic carbocycles. The van der Waals surface area contributed by atoms with Crippen LogP contribution in [0.1, 0.15) is 21.7 Å². The second kappa shape index (κ2) is 7.93. The maximum absolute atomic E-state index is 12.9. The second-order valence-corrected chi connectivity index (χ2v) is 5.43. The Bertz CT molecular complexity index is 1040. The molecule has 0 aliphatic rings. The van der Waals surface area contributed by atoms with Crippen LogP contribution in [0.25, 0.3) is 0 Å². The summed E-state index contributed by atoms with van der Waals surface area (Å²) >= 11 is 0. The first-order valence-electron chi connectivity index (χ1n) is 7.79. The fraction of sp³-hybridized carbons (Fsp3) is 0.0526. The van der Waals surface area contributed by atoms with Gasteiger partial charge in [0.1, 0.15) is 28.8 Å². The van der Waals surface area contributed by atoms with Crippen molar-refractivity contribution < 1.29 is 13.9 Å². The maximum atomic E-state index is 12.9. The van der Waals surface area contributed by atoms with Crippen molar-refractivity contribution in [3.63, 3.8) is 0 Å². The van der Waals surface area contributed by atoms with E-state index in [1.807, 2.05) is 0 Å². The lowest BCUT2D eigenvalue weighted by Gasteiger charge is -2.09. The number of hydrogen-bond donors (Lipinski definition) is 2. The predicted molar refractivity (Wildman–Crippen MR) is 96.5 cm³/mol. The maximum Gasteiger partial charge on any atom is 0.275 e. The minimum Gasteiger partial charge on any atom is -0.456 e. The fourth-order valence-electron chi connectivity index (χ4n) is 2.20. The molecule has 134 valence electrons. The molecule has 0 bridgehead atoms. The largest absolute Gasteiger partial charge is 0.456 e. The highest BCUT2D eigenvalue weighted by molar-refractivity contribution is 6.02. The van der Waals surface area contributed by atoms with Gasteiger partial charge in [0.05, 0.1) is 12.4 Å². The van der Waals surface area contributed by atoms with E-state index in [4.69, 9.17) is 10.5 Å². The van der Waals surface area contributed by atoms with E-state index >= 15 is 0 Å². The Morgan fingerprint density at radius 3 is 2.78 bits per heavy atom. The highest BCUT2D eigenvalue weighted by atomic mass is 19.1. The van der Waals surface area contributed by atoms with Crippen LogP contribution in [0.5, 0.6) is 11.5 Å². The van der Waals surface area contributed by atoms with E-state index in [1.165, 1.54) is 24.4 Å². The Kier molecular flexibility index (Phi) is 5.23. The molecule has 0 radical (unpaired) electrons. The average Bonchev–Trinajstić information content (AvgIpc) is 2.64. The summed E-state index contributed by atoms with van der Waals surface area (Å²) in [6, 6.07) is 9.68. The molecule has 0 saturated heterocycles. The van der Waals surface area contributed by atoms with Gasteiger partial charge in [-0.15, -0.1) is 0 Å². The van der Waals surface area contributed by atoms with E-state index in [0.717, 1.165) is 6.20 Å². The molecule has 8 heteroatoms. The van der Waals surface area contributed by atoms with Gasteiger partial charge >= 0.3 is 0 Å². The Labute approximate surface area is 154 Å². The molecule has 0 unspecified atom stereocenters. The topological polar surface area (TPSA) is 103 Å². The number of amides is 1. The molecule has 3 N–H and O–H groups in total. The minimum absolute atomic E-state index is 0.127. The van der Waals surface area contributed by atoms with Crippen molar-refractivity contribution in [1.29, 1.82) is 0 Å². The van der Waals surface area contributed by atoms with Gasteiger partial charge in [0.25, 0.3) is 5.91 Å². The van der Waals surface area contributed by atoms with Crippen LogP contribution in [0.2, 0.25) is 0 Å². The Balaban J connectivity index is 1.81. The number of ether oxygens (including phenoxy) is 1. The number of halogens is 1. The summed E-state index contributed by atoms with van der Waals surface area (Å²) < 4.78 is 18.7. The van der Waals surface area contributed by atoms with Crippen LogP contribution < -0.4 is 15.8 Å². The van der Waals surface area contributed by atoms with Crippen LogP contribution in [0, 0.1) is 24.7 Å². The molecule has 3 heterocycles. The number of aryl methyl sites for hydroxylation is 1. The third-order valence-electron chi connectivity index (χ3n) is 3.29. The Hall–Kier alpha value is -3.99. The van der Waals surface area contributed by atoms with Gasteiger partial charge in [-0.2, -0.15) is 0 Å². The molecule has 7 nitrogen and oxygen atoms in total. The fourth-order valence-corrected chi connectivity index (χ4v) is 2.20. The molecule has 1 amide bonds. The lowest BCUT2D eigenvalue weighted by molar-refractivity contribution is 0.102. The number of carbonyl (C=O) groups excluding carboxylic acids is 1. The van der Waals surface area contributed by atoms with Crippen LogP contribution >= 0.6 is 0 Å². The van der Waals surface area contributed by atoms with E-state index in [9.17, 15) is 9.18 Å². The Morgan fingerprint density at radius 2 is 2.04 bits per heavy atom. The summed E-state index contributed by atoms with van der Waals surface area (Å²) in [6.45, 7) is 1.73. The molecule has 0 spiro atoms. The molecule has 3 rings (SSSR count). The molecule has 0 atom stereocenters. The zero-order valence-corrected chi connectivity index (χ0v) is 14.2. The van der Waals surface area contributed by atoms with Crippen molar-refractivity contribution in [2.24, 2.45) is 5.73 Å². The van der Waals surface area contributed by atoms with Gasteiger partial charge < -0.3 is 15.8 Å². The number of nitrogens with zero attached hydrogens (tertiary/aromatic N) is 3. The van der Waals surface area contributed by atoms with Gasteiger partial charge in [-0.3, -0.25) is 9.78 Å². The molecule has 3 aromatic rings. The van der Waals surface area contributed by atoms with Gasteiger partial charge in [0.2, 0.25) is 0 Å². The van der Waals surface area contributed by atoms with Crippen LogP contribution in [0.4, 0.5) is 10.2 Å². The number of aromatic nitrogens is 3. The van der Waals surface area contributed by atoms with E-state index in [2.05, 4.69) is 32.2 Å². The number of anilines is 1. The molecule has 0 aliphatic heterocycles. The molecular weight excluding hydrogens is 349 g/mol. The summed E-state index contributed by atoms with van der Waals surface area (Å²) in [6.07, 6.45) is 4.08. The van der Waals surface area contributed by atoms with E-state index in [1.54, 1.807) is 25.3 Å². The number of rotatable bonds is 4. The third-order valence-corrected chi connectivity index (χ3v) is 3.29. The van der Waals surface area contributed by atoms with Gasteiger partial charge in [-0.05, 0) is 31.0 Å². The SMILES string of the molecule is Cc1cc(Oc2cncc(C#CN)c2)cc(C(=O)Nc2ccc(F)cn2)n1. The van der Waals surface area contributed by atoms with E-state index in [0.29, 0.717) is 22.8 Å². The molecule has 27 heavy (non-hydrogen) atoms. The normalized spacial score (nSPS) is 9.85. The molecule has 0 aliphatic carbocycles. The van der Waals surface area contributed by atoms with Gasteiger partial charge in [-0.1, -0.05) is 0 Å². The summed E-state index contributed by atoms with van der Waals surface area (Å²) in [5.41, 5.74) is 6.50. The molecular formula is C19H14FN5O2. The highest BCUT2D eigenvalue weighted by Gasteiger charge is 2.12. The predicted octanol–water partition coefficient (Wildman–Crippen LogP) is 2.63. The average molecular weight is 363 g/mol. The number of hydrogen-bond acceptors (Lipinski definition) is 6. The first kappa shape index (κ1) is 17.8. The Morgan fingerprint density at radius 1 is 1.19 bits per heavy atom. The summed E-state index contributed by atoms with van der Waals surface area (Å²) in [4.78, 5) is 24.4. The summed E-state index contributed by atoms with van der Waals surface area (Å²) in [5, 5.41) is 2.55. The van der Waals surface area contributed by atoms with Crippen LogP contribution in [-0.4, -0.2) is 20.9 Å². The van der Waals surface area contributed by atoms with Gasteiger partial charge in [0, 0.05) is 35.6 Å². The summed E-state index contributed by atoms with van der Waals surface area (Å²) in [7, 11) is 0. The van der Waals surface area contributed by atoms with Crippen LogP contribution in [-0.2, 0) is 0 Å². The van der Waals surface area contributed by atoms with Crippen LogP contribution in [0.3, 0.4) is 0 Å². The first-order chi connectivity index (χ1) is 13.0. The minimum atomic E-state index is -0.497. The lowest BCUT2D eigenvalue weighted by atomic mass is 10.2. The van der Waals surface area contributed by atoms with Crippen molar-refractivity contribution >= 4 is 11.7 Å². The molecule has 0 fully saturated rings. The van der Waals surface area contributed by atoms with E-state index < -0.39 is 11.7 Å². The number of nitrogens with one attached hydrogen (secondary N) is 1. The van der Waals surface area contributed by atoms with E-state index in [-0.39, 0.29) is 11.5 Å². The second-order valence-electron chi connectivity index (χ2n) is 5.43. The number of carbonyl (C=O) groups is 1. The zero-order chi connectivity index (χ0) is 19.2. The van der Waals surface area contributed by atoms with Crippen molar-refractivity contribution in [2.75, 3.05) is 5.32 Å². The van der Waals surface area contributed by atoms with Gasteiger partial charge in [-0.25, -0.2) is 14.4 Å². The molecule has 3 aromatic heterocycles. The summed E-state index contributed by atoms with van der Waals surface area (Å²) in [5.74, 6) is 2.74. The van der Waals surface area contributed by atoms with Crippen molar-refractivity contribution in [3.8, 4) is 23.5 Å². The number of pyridine rings is 3. The van der Waals surface area contributed by atoms with Crippen molar-refractivity contribution in [2.45, 2.75) is 6.92 Å². The third kappa shape index (κ3) is 4.76.